The molecule has 0 atom stereocenters. The molecule has 1 amide bonds. The van der Waals surface area contributed by atoms with E-state index in [-0.39, 0.29) is 5.41 Å². The van der Waals surface area contributed by atoms with Crippen LogP contribution in [0.3, 0.4) is 0 Å². The Morgan fingerprint density at radius 3 is 1.83 bits per heavy atom. The zero-order chi connectivity index (χ0) is 16.1. The molecule has 3 rings (SSSR count). The van der Waals surface area contributed by atoms with Crippen molar-refractivity contribution in [1.29, 1.82) is 0 Å². The van der Waals surface area contributed by atoms with Crippen LogP contribution in [0.4, 0.5) is 0 Å². The monoisotopic (exact) mass is 307 g/mol. The molecular formula is C21H25NO. The Hall–Kier alpha value is -2.09. The third kappa shape index (κ3) is 3.17. The van der Waals surface area contributed by atoms with Gasteiger partial charge in [-0.2, -0.15) is 0 Å². The number of benzene rings is 2. The molecule has 23 heavy (non-hydrogen) atoms. The van der Waals surface area contributed by atoms with E-state index in [9.17, 15) is 4.79 Å². The third-order valence-electron chi connectivity index (χ3n) is 5.09. The fourth-order valence-electron chi connectivity index (χ4n) is 3.77. The zero-order valence-electron chi connectivity index (χ0n) is 13.9. The van der Waals surface area contributed by atoms with Crippen LogP contribution in [-0.4, -0.2) is 23.9 Å². The smallest absolute Gasteiger partial charge is 0.222 e. The Labute approximate surface area is 139 Å². The second-order valence-corrected chi connectivity index (χ2v) is 6.44. The molecule has 0 N–H and O–H groups in total. The molecule has 2 heteroatoms. The Morgan fingerprint density at radius 1 is 0.913 bits per heavy atom. The van der Waals surface area contributed by atoms with E-state index >= 15 is 0 Å². The Morgan fingerprint density at radius 2 is 1.39 bits per heavy atom. The molecule has 1 heterocycles. The summed E-state index contributed by atoms with van der Waals surface area (Å²) in [5, 5.41) is 0. The molecule has 1 aliphatic rings. The molecule has 0 aromatic heterocycles. The van der Waals surface area contributed by atoms with Crippen molar-refractivity contribution in [3.63, 3.8) is 0 Å². The van der Waals surface area contributed by atoms with E-state index in [0.29, 0.717) is 12.3 Å². The minimum Gasteiger partial charge on any atom is -0.343 e. The number of carbonyl (C=O) groups excluding carboxylic acids is 1. The number of nitrogens with zero attached hydrogens (tertiary/aromatic N) is 1. The maximum Gasteiger partial charge on any atom is 0.222 e. The lowest BCUT2D eigenvalue weighted by atomic mass is 9.68. The standard InChI is InChI=1S/C21H25NO/c1-2-9-20(23)22-16-14-21(15-17-22,18-10-5-3-6-11-18)19-12-7-4-8-13-19/h3-8,10-13H,2,9,14-17H2,1H3. The van der Waals surface area contributed by atoms with Crippen LogP contribution in [0, 0.1) is 0 Å². The van der Waals surface area contributed by atoms with Crippen LogP contribution in [0.25, 0.3) is 0 Å². The highest BCUT2D eigenvalue weighted by molar-refractivity contribution is 5.76. The molecule has 1 aliphatic heterocycles. The summed E-state index contributed by atoms with van der Waals surface area (Å²) in [4.78, 5) is 14.3. The summed E-state index contributed by atoms with van der Waals surface area (Å²) in [6, 6.07) is 21.6. The molecule has 2 aromatic rings. The maximum absolute atomic E-state index is 12.2. The second kappa shape index (κ2) is 6.99. The van der Waals surface area contributed by atoms with E-state index in [4.69, 9.17) is 0 Å². The lowest BCUT2D eigenvalue weighted by molar-refractivity contribution is -0.132. The summed E-state index contributed by atoms with van der Waals surface area (Å²) < 4.78 is 0. The predicted octanol–water partition coefficient (Wildman–Crippen LogP) is 4.40. The molecule has 0 unspecified atom stereocenters. The summed E-state index contributed by atoms with van der Waals surface area (Å²) in [6.07, 6.45) is 3.59. The van der Waals surface area contributed by atoms with Crippen LogP contribution < -0.4 is 0 Å². The molecule has 0 saturated carbocycles. The normalized spacial score (nSPS) is 17.0. The molecule has 2 nitrogen and oxygen atoms in total. The van der Waals surface area contributed by atoms with Crippen LogP contribution in [0.15, 0.2) is 60.7 Å². The van der Waals surface area contributed by atoms with Gasteiger partial charge in [-0.05, 0) is 30.4 Å². The number of carbonyl (C=O) groups is 1. The number of piperidine rings is 1. The average molecular weight is 307 g/mol. The van der Waals surface area contributed by atoms with E-state index in [1.54, 1.807) is 0 Å². The van der Waals surface area contributed by atoms with Crippen LogP contribution in [0.5, 0.6) is 0 Å². The molecule has 0 bridgehead atoms. The second-order valence-electron chi connectivity index (χ2n) is 6.44. The van der Waals surface area contributed by atoms with Crippen molar-refractivity contribution in [3.8, 4) is 0 Å². The minimum atomic E-state index is 0.0332. The van der Waals surface area contributed by atoms with Gasteiger partial charge in [0.2, 0.25) is 5.91 Å². The largest absolute Gasteiger partial charge is 0.343 e. The van der Waals surface area contributed by atoms with Gasteiger partial charge >= 0.3 is 0 Å². The van der Waals surface area contributed by atoms with Gasteiger partial charge < -0.3 is 4.90 Å². The fourth-order valence-corrected chi connectivity index (χ4v) is 3.77. The summed E-state index contributed by atoms with van der Waals surface area (Å²) in [5.41, 5.74) is 2.77. The first-order valence-corrected chi connectivity index (χ1v) is 8.65. The Balaban J connectivity index is 1.90. The van der Waals surface area contributed by atoms with Crippen LogP contribution in [0.1, 0.15) is 43.7 Å². The van der Waals surface area contributed by atoms with Crippen molar-refractivity contribution in [2.75, 3.05) is 13.1 Å². The molecule has 1 saturated heterocycles. The van der Waals surface area contributed by atoms with Gasteiger partial charge in [0, 0.05) is 24.9 Å². The summed E-state index contributed by atoms with van der Waals surface area (Å²) in [7, 11) is 0. The molecular weight excluding hydrogens is 282 g/mol. The van der Waals surface area contributed by atoms with Crippen molar-refractivity contribution in [1.82, 2.24) is 4.90 Å². The molecule has 0 spiro atoms. The molecule has 2 aromatic carbocycles. The van der Waals surface area contributed by atoms with Gasteiger partial charge in [0.05, 0.1) is 0 Å². The Kier molecular flexibility index (Phi) is 4.80. The Bertz CT molecular complexity index is 586. The molecule has 0 aliphatic carbocycles. The fraction of sp³-hybridized carbons (Fsp3) is 0.381. The van der Waals surface area contributed by atoms with Gasteiger partial charge in [0.1, 0.15) is 0 Å². The van der Waals surface area contributed by atoms with E-state index in [1.807, 2.05) is 4.90 Å². The maximum atomic E-state index is 12.2. The van der Waals surface area contributed by atoms with Crippen LogP contribution in [-0.2, 0) is 10.2 Å². The average Bonchev–Trinajstić information content (AvgIpc) is 2.63. The quantitative estimate of drug-likeness (QED) is 0.820. The minimum absolute atomic E-state index is 0.0332. The molecule has 120 valence electrons. The van der Waals surface area contributed by atoms with E-state index < -0.39 is 0 Å². The van der Waals surface area contributed by atoms with E-state index in [2.05, 4.69) is 67.6 Å². The van der Waals surface area contributed by atoms with Crippen LogP contribution in [0.2, 0.25) is 0 Å². The van der Waals surface area contributed by atoms with Gasteiger partial charge in [-0.3, -0.25) is 4.79 Å². The number of likely N-dealkylation sites (tertiary alicyclic amines) is 1. The van der Waals surface area contributed by atoms with Crippen LogP contribution >= 0.6 is 0 Å². The third-order valence-corrected chi connectivity index (χ3v) is 5.09. The predicted molar refractivity (Wildman–Crippen MR) is 94.4 cm³/mol. The molecule has 1 fully saturated rings. The van der Waals surface area contributed by atoms with Gasteiger partial charge in [-0.25, -0.2) is 0 Å². The zero-order valence-corrected chi connectivity index (χ0v) is 13.9. The highest BCUT2D eigenvalue weighted by atomic mass is 16.2. The topological polar surface area (TPSA) is 20.3 Å². The van der Waals surface area contributed by atoms with E-state index in [1.165, 1.54) is 11.1 Å². The number of hydrogen-bond donors (Lipinski definition) is 0. The summed E-state index contributed by atoms with van der Waals surface area (Å²) in [6.45, 7) is 3.77. The van der Waals surface area contributed by atoms with Crippen molar-refractivity contribution in [2.45, 2.75) is 38.0 Å². The first-order valence-electron chi connectivity index (χ1n) is 8.65. The van der Waals surface area contributed by atoms with Crippen molar-refractivity contribution < 1.29 is 4.79 Å². The number of hydrogen-bond acceptors (Lipinski definition) is 1. The van der Waals surface area contributed by atoms with Gasteiger partial charge in [0.15, 0.2) is 0 Å². The highest BCUT2D eigenvalue weighted by Gasteiger charge is 2.38. The first kappa shape index (κ1) is 15.8. The van der Waals surface area contributed by atoms with Gasteiger partial charge in [-0.15, -0.1) is 0 Å². The highest BCUT2D eigenvalue weighted by Crippen LogP contribution is 2.41. The number of amides is 1. The number of rotatable bonds is 4. The van der Waals surface area contributed by atoms with Gasteiger partial charge in [-0.1, -0.05) is 67.6 Å². The lowest BCUT2D eigenvalue weighted by Gasteiger charge is -2.43. The van der Waals surface area contributed by atoms with E-state index in [0.717, 1.165) is 32.4 Å². The molecule has 0 radical (unpaired) electrons. The van der Waals surface area contributed by atoms with Crippen molar-refractivity contribution >= 4 is 5.91 Å². The van der Waals surface area contributed by atoms with Crippen molar-refractivity contribution in [3.05, 3.63) is 71.8 Å². The first-order chi connectivity index (χ1) is 11.3. The summed E-state index contributed by atoms with van der Waals surface area (Å²) in [5.74, 6) is 0.308. The van der Waals surface area contributed by atoms with Gasteiger partial charge in [0.25, 0.3) is 0 Å². The SMILES string of the molecule is CCCC(=O)N1CCC(c2ccccc2)(c2ccccc2)CC1. The van der Waals surface area contributed by atoms with Crippen molar-refractivity contribution in [2.24, 2.45) is 0 Å². The lowest BCUT2D eigenvalue weighted by Crippen LogP contribution is -2.45. The summed E-state index contributed by atoms with van der Waals surface area (Å²) >= 11 is 0.